The number of hydrogen-bond acceptors (Lipinski definition) is 4. The molecule has 4 atom stereocenters. The van der Waals surface area contributed by atoms with E-state index in [1.54, 1.807) is 6.92 Å². The molecule has 0 aromatic carbocycles. The van der Waals surface area contributed by atoms with Crippen LogP contribution in [0.1, 0.15) is 13.3 Å². The van der Waals surface area contributed by atoms with Gasteiger partial charge in [-0.1, -0.05) is 0 Å². The number of ether oxygens (including phenoxy) is 1. The van der Waals surface area contributed by atoms with Crippen LogP contribution in [0.5, 0.6) is 0 Å². The molecule has 1 aliphatic heterocycles. The van der Waals surface area contributed by atoms with E-state index in [0.717, 1.165) is 0 Å². The van der Waals surface area contributed by atoms with Gasteiger partial charge >= 0.3 is 0 Å². The quantitative estimate of drug-likeness (QED) is 0.456. The standard InChI is InChI=1S/C7H14O4/c1-4-7(10)6(9)2-5(3-8)11-4/h4-10H,2-3H2,1H3/t4-,5-,6-,7+/m0/s1. The first kappa shape index (κ1) is 8.93. The molecule has 0 bridgehead atoms. The van der Waals surface area contributed by atoms with Crippen molar-refractivity contribution in [1.29, 1.82) is 0 Å². The molecule has 0 unspecified atom stereocenters. The van der Waals surface area contributed by atoms with Crippen LogP contribution in [-0.4, -0.2) is 46.3 Å². The van der Waals surface area contributed by atoms with Gasteiger partial charge in [-0.15, -0.1) is 0 Å². The second-order valence-corrected chi connectivity index (χ2v) is 2.94. The molecule has 0 aromatic rings. The van der Waals surface area contributed by atoms with Crippen LogP contribution >= 0.6 is 0 Å². The lowest BCUT2D eigenvalue weighted by molar-refractivity contribution is -0.170. The lowest BCUT2D eigenvalue weighted by Crippen LogP contribution is -2.47. The molecule has 0 aliphatic carbocycles. The van der Waals surface area contributed by atoms with Crippen LogP contribution in [-0.2, 0) is 4.74 Å². The van der Waals surface area contributed by atoms with E-state index in [0.29, 0.717) is 6.42 Å². The van der Waals surface area contributed by atoms with E-state index in [9.17, 15) is 10.2 Å². The monoisotopic (exact) mass is 162 g/mol. The Kier molecular flexibility index (Phi) is 2.84. The van der Waals surface area contributed by atoms with Crippen molar-refractivity contribution in [2.45, 2.75) is 37.8 Å². The average molecular weight is 162 g/mol. The van der Waals surface area contributed by atoms with E-state index in [1.165, 1.54) is 0 Å². The summed E-state index contributed by atoms with van der Waals surface area (Å²) in [6.45, 7) is 1.57. The summed E-state index contributed by atoms with van der Waals surface area (Å²) in [5.74, 6) is 0. The first-order valence-electron chi connectivity index (χ1n) is 3.77. The third-order valence-corrected chi connectivity index (χ3v) is 1.99. The highest BCUT2D eigenvalue weighted by molar-refractivity contribution is 4.82. The van der Waals surface area contributed by atoms with E-state index in [2.05, 4.69) is 0 Å². The van der Waals surface area contributed by atoms with Gasteiger partial charge in [-0.3, -0.25) is 0 Å². The molecule has 0 amide bonds. The molecular weight excluding hydrogens is 148 g/mol. The van der Waals surface area contributed by atoms with Gasteiger partial charge < -0.3 is 20.1 Å². The summed E-state index contributed by atoms with van der Waals surface area (Å²) in [5, 5.41) is 27.1. The molecule has 0 saturated carbocycles. The van der Waals surface area contributed by atoms with Crippen molar-refractivity contribution in [3.8, 4) is 0 Å². The maximum atomic E-state index is 9.21. The smallest absolute Gasteiger partial charge is 0.106 e. The summed E-state index contributed by atoms with van der Waals surface area (Å²) in [6, 6.07) is 0. The minimum atomic E-state index is -0.821. The van der Waals surface area contributed by atoms with Crippen LogP contribution in [0, 0.1) is 0 Å². The molecule has 11 heavy (non-hydrogen) atoms. The van der Waals surface area contributed by atoms with Crippen molar-refractivity contribution in [2.24, 2.45) is 0 Å². The van der Waals surface area contributed by atoms with E-state index >= 15 is 0 Å². The molecule has 0 radical (unpaired) electrons. The average Bonchev–Trinajstić information content (AvgIpc) is 1.99. The summed E-state index contributed by atoms with van der Waals surface area (Å²) >= 11 is 0. The van der Waals surface area contributed by atoms with Crippen molar-refractivity contribution < 1.29 is 20.1 Å². The van der Waals surface area contributed by atoms with Crippen LogP contribution in [0.2, 0.25) is 0 Å². The van der Waals surface area contributed by atoms with Gasteiger partial charge in [0.05, 0.1) is 24.9 Å². The molecule has 1 rings (SSSR count). The van der Waals surface area contributed by atoms with Crippen molar-refractivity contribution in [3.63, 3.8) is 0 Å². The maximum Gasteiger partial charge on any atom is 0.106 e. The maximum absolute atomic E-state index is 9.21. The first-order valence-corrected chi connectivity index (χ1v) is 3.77. The molecule has 4 nitrogen and oxygen atoms in total. The van der Waals surface area contributed by atoms with Gasteiger partial charge in [-0.25, -0.2) is 0 Å². The van der Waals surface area contributed by atoms with Gasteiger partial charge in [0.15, 0.2) is 0 Å². The molecule has 0 aromatic heterocycles. The SMILES string of the molecule is C[C@@H]1O[C@H](CO)C[C@H](O)[C@@H]1O. The number of aliphatic hydroxyl groups is 3. The fraction of sp³-hybridized carbons (Fsp3) is 1.00. The fourth-order valence-electron chi connectivity index (χ4n) is 1.28. The number of aliphatic hydroxyl groups excluding tert-OH is 3. The Labute approximate surface area is 65.4 Å². The Hall–Kier alpha value is -0.160. The zero-order valence-corrected chi connectivity index (χ0v) is 6.47. The van der Waals surface area contributed by atoms with Gasteiger partial charge in [-0.05, 0) is 6.92 Å². The van der Waals surface area contributed by atoms with Crippen LogP contribution in [0.25, 0.3) is 0 Å². The largest absolute Gasteiger partial charge is 0.394 e. The molecule has 66 valence electrons. The predicted octanol–water partition coefficient (Wildman–Crippen LogP) is -1.12. The molecule has 4 heteroatoms. The third kappa shape index (κ3) is 1.90. The van der Waals surface area contributed by atoms with Gasteiger partial charge in [-0.2, -0.15) is 0 Å². The van der Waals surface area contributed by atoms with Crippen LogP contribution in [0.3, 0.4) is 0 Å². The van der Waals surface area contributed by atoms with Gasteiger partial charge in [0.2, 0.25) is 0 Å². The Morgan fingerprint density at radius 1 is 1.45 bits per heavy atom. The molecule has 1 saturated heterocycles. The second-order valence-electron chi connectivity index (χ2n) is 2.94. The Balaban J connectivity index is 2.47. The summed E-state index contributed by atoms with van der Waals surface area (Å²) in [6.07, 6.45) is -2.00. The van der Waals surface area contributed by atoms with Gasteiger partial charge in [0.25, 0.3) is 0 Å². The van der Waals surface area contributed by atoms with Gasteiger partial charge in [0, 0.05) is 6.42 Å². The highest BCUT2D eigenvalue weighted by atomic mass is 16.5. The summed E-state index contributed by atoms with van der Waals surface area (Å²) in [4.78, 5) is 0. The van der Waals surface area contributed by atoms with E-state index in [-0.39, 0.29) is 12.7 Å². The first-order chi connectivity index (χ1) is 5.15. The highest BCUT2D eigenvalue weighted by Gasteiger charge is 2.33. The fourth-order valence-corrected chi connectivity index (χ4v) is 1.28. The van der Waals surface area contributed by atoms with Crippen molar-refractivity contribution in [2.75, 3.05) is 6.61 Å². The van der Waals surface area contributed by atoms with E-state index in [4.69, 9.17) is 9.84 Å². The Bertz CT molecular complexity index is 116. The molecule has 1 aliphatic rings. The second kappa shape index (κ2) is 3.49. The summed E-state index contributed by atoms with van der Waals surface area (Å²) in [5.41, 5.74) is 0. The van der Waals surface area contributed by atoms with Crippen molar-refractivity contribution >= 4 is 0 Å². The van der Waals surface area contributed by atoms with Crippen LogP contribution < -0.4 is 0 Å². The van der Waals surface area contributed by atoms with Gasteiger partial charge in [0.1, 0.15) is 6.10 Å². The zero-order valence-electron chi connectivity index (χ0n) is 6.47. The van der Waals surface area contributed by atoms with Crippen LogP contribution in [0.4, 0.5) is 0 Å². The molecule has 1 fully saturated rings. The Morgan fingerprint density at radius 2 is 2.09 bits per heavy atom. The van der Waals surface area contributed by atoms with Crippen molar-refractivity contribution in [3.05, 3.63) is 0 Å². The normalized spacial score (nSPS) is 45.8. The number of rotatable bonds is 1. The third-order valence-electron chi connectivity index (χ3n) is 1.99. The zero-order chi connectivity index (χ0) is 8.43. The minimum absolute atomic E-state index is 0.103. The predicted molar refractivity (Wildman–Crippen MR) is 38.1 cm³/mol. The van der Waals surface area contributed by atoms with E-state index in [1.807, 2.05) is 0 Å². The lowest BCUT2D eigenvalue weighted by atomic mass is 9.99. The Morgan fingerprint density at radius 3 is 2.55 bits per heavy atom. The molecular formula is C7H14O4. The molecule has 1 heterocycles. The lowest BCUT2D eigenvalue weighted by Gasteiger charge is -2.34. The minimum Gasteiger partial charge on any atom is -0.394 e. The summed E-state index contributed by atoms with van der Waals surface area (Å²) in [7, 11) is 0. The van der Waals surface area contributed by atoms with Crippen molar-refractivity contribution in [1.82, 2.24) is 0 Å². The molecule has 3 N–H and O–H groups in total. The highest BCUT2D eigenvalue weighted by Crippen LogP contribution is 2.19. The van der Waals surface area contributed by atoms with Crippen LogP contribution in [0.15, 0.2) is 0 Å². The summed E-state index contributed by atoms with van der Waals surface area (Å²) < 4.78 is 5.16. The molecule has 0 spiro atoms. The number of hydrogen-bond donors (Lipinski definition) is 3. The topological polar surface area (TPSA) is 69.9 Å². The van der Waals surface area contributed by atoms with E-state index < -0.39 is 18.3 Å².